The molecule has 0 spiro atoms. The summed E-state index contributed by atoms with van der Waals surface area (Å²) in [6, 6.07) is 14.6. The van der Waals surface area contributed by atoms with E-state index in [4.69, 9.17) is 21.1 Å². The van der Waals surface area contributed by atoms with Gasteiger partial charge in [0.2, 0.25) is 0 Å². The second-order valence-electron chi connectivity index (χ2n) is 7.29. The number of ether oxygens (including phenoxy) is 2. The zero-order valence-electron chi connectivity index (χ0n) is 16.6. The molecule has 0 amide bonds. The van der Waals surface area contributed by atoms with E-state index < -0.39 is 0 Å². The van der Waals surface area contributed by atoms with Gasteiger partial charge >= 0.3 is 0 Å². The first kappa shape index (κ1) is 22.9. The molecule has 3 rings (SSSR count). The van der Waals surface area contributed by atoms with Crippen LogP contribution in [0, 0.1) is 0 Å². The third kappa shape index (κ3) is 6.88. The molecule has 0 aromatic heterocycles. The minimum atomic E-state index is 0. The fraction of sp³-hybridized carbons (Fsp3) is 0.478. The highest BCUT2D eigenvalue weighted by atomic mass is 35.5. The van der Waals surface area contributed by atoms with E-state index in [1.54, 1.807) is 7.11 Å². The monoisotopic (exact) mass is 423 g/mol. The zero-order valence-corrected chi connectivity index (χ0v) is 18.2. The van der Waals surface area contributed by atoms with Crippen molar-refractivity contribution in [1.29, 1.82) is 0 Å². The van der Waals surface area contributed by atoms with E-state index in [0.29, 0.717) is 23.4 Å². The number of hydrogen-bond donors (Lipinski definition) is 1. The van der Waals surface area contributed by atoms with Crippen LogP contribution in [-0.2, 0) is 13.2 Å². The topological polar surface area (TPSA) is 30.5 Å². The van der Waals surface area contributed by atoms with Gasteiger partial charge in [0.05, 0.1) is 7.11 Å². The van der Waals surface area contributed by atoms with Gasteiger partial charge in [-0.2, -0.15) is 0 Å². The Morgan fingerprint density at radius 1 is 1.00 bits per heavy atom. The van der Waals surface area contributed by atoms with Gasteiger partial charge in [0.15, 0.2) is 11.5 Å². The molecule has 0 heterocycles. The van der Waals surface area contributed by atoms with Crippen LogP contribution in [0.5, 0.6) is 11.5 Å². The maximum Gasteiger partial charge on any atom is 0.166 e. The SMILES string of the molecule is COc1cc(Cl)cc(CNC2CCCCCCC2)c1OCc1ccccc1.Cl. The first-order valence-corrected chi connectivity index (χ1v) is 10.4. The standard InChI is InChI=1S/C23H30ClNO2.ClH/c1-26-22-15-20(24)14-19(16-25-21-12-8-3-2-4-9-13-21)23(22)27-17-18-10-6-5-7-11-18;/h5-7,10-11,14-15,21,25H,2-4,8-9,12-13,16-17H2,1H3;1H. The highest BCUT2D eigenvalue weighted by Crippen LogP contribution is 2.35. The Balaban J connectivity index is 0.00000280. The van der Waals surface area contributed by atoms with E-state index in [-0.39, 0.29) is 12.4 Å². The molecule has 1 fully saturated rings. The Hall–Kier alpha value is -1.42. The molecule has 1 N–H and O–H groups in total. The molecule has 0 bridgehead atoms. The van der Waals surface area contributed by atoms with Crippen molar-refractivity contribution < 1.29 is 9.47 Å². The fourth-order valence-corrected chi connectivity index (χ4v) is 3.94. The highest BCUT2D eigenvalue weighted by molar-refractivity contribution is 6.30. The summed E-state index contributed by atoms with van der Waals surface area (Å²) < 4.78 is 11.7. The Kier molecular flexibility index (Phi) is 9.97. The molecule has 0 radical (unpaired) electrons. The van der Waals surface area contributed by atoms with Gasteiger partial charge in [-0.1, -0.05) is 74.0 Å². The maximum atomic E-state index is 6.32. The van der Waals surface area contributed by atoms with Gasteiger partial charge in [0, 0.05) is 29.2 Å². The Morgan fingerprint density at radius 3 is 2.36 bits per heavy atom. The molecule has 2 aromatic carbocycles. The van der Waals surface area contributed by atoms with E-state index in [1.165, 1.54) is 44.9 Å². The average Bonchev–Trinajstić information content (AvgIpc) is 2.66. The second-order valence-corrected chi connectivity index (χ2v) is 7.73. The summed E-state index contributed by atoms with van der Waals surface area (Å²) in [7, 11) is 1.66. The van der Waals surface area contributed by atoms with Crippen molar-refractivity contribution >= 4 is 24.0 Å². The molecule has 1 saturated carbocycles. The quantitative estimate of drug-likeness (QED) is 0.547. The van der Waals surface area contributed by atoms with Crippen LogP contribution in [0.15, 0.2) is 42.5 Å². The number of rotatable bonds is 7. The van der Waals surface area contributed by atoms with E-state index in [2.05, 4.69) is 17.4 Å². The minimum Gasteiger partial charge on any atom is -0.493 e. The summed E-state index contributed by atoms with van der Waals surface area (Å²) in [6.45, 7) is 1.25. The molecule has 0 saturated heterocycles. The molecule has 3 nitrogen and oxygen atoms in total. The molecule has 28 heavy (non-hydrogen) atoms. The van der Waals surface area contributed by atoms with Gasteiger partial charge in [-0.3, -0.25) is 0 Å². The van der Waals surface area contributed by atoms with Crippen molar-refractivity contribution in [1.82, 2.24) is 5.32 Å². The van der Waals surface area contributed by atoms with Crippen molar-refractivity contribution in [3.05, 3.63) is 58.6 Å². The van der Waals surface area contributed by atoms with E-state index in [1.807, 2.05) is 30.3 Å². The predicted molar refractivity (Wildman–Crippen MR) is 119 cm³/mol. The van der Waals surface area contributed by atoms with E-state index >= 15 is 0 Å². The lowest BCUT2D eigenvalue weighted by atomic mass is 9.96. The van der Waals surface area contributed by atoms with Crippen molar-refractivity contribution in [2.24, 2.45) is 0 Å². The molecule has 154 valence electrons. The lowest BCUT2D eigenvalue weighted by Gasteiger charge is -2.22. The van der Waals surface area contributed by atoms with E-state index in [9.17, 15) is 0 Å². The van der Waals surface area contributed by atoms with E-state index in [0.717, 1.165) is 23.4 Å². The first-order valence-electron chi connectivity index (χ1n) is 10.0. The summed E-state index contributed by atoms with van der Waals surface area (Å²) in [5.41, 5.74) is 2.19. The lowest BCUT2D eigenvalue weighted by Crippen LogP contribution is -2.29. The number of halogens is 2. The van der Waals surface area contributed by atoms with Crippen LogP contribution in [0.3, 0.4) is 0 Å². The molecular formula is C23H31Cl2NO2. The van der Waals surface area contributed by atoms with Crippen molar-refractivity contribution in [3.63, 3.8) is 0 Å². The lowest BCUT2D eigenvalue weighted by molar-refractivity contribution is 0.279. The van der Waals surface area contributed by atoms with Crippen LogP contribution in [0.25, 0.3) is 0 Å². The minimum absolute atomic E-state index is 0. The van der Waals surface area contributed by atoms with Gasteiger partial charge in [-0.25, -0.2) is 0 Å². The normalized spacial score (nSPS) is 15.2. The summed E-state index contributed by atoms with van der Waals surface area (Å²) in [5, 5.41) is 4.40. The Bertz CT molecular complexity index is 701. The predicted octanol–water partition coefficient (Wildman–Crippen LogP) is 6.55. The number of methoxy groups -OCH3 is 1. The van der Waals surface area contributed by atoms with Crippen molar-refractivity contribution in [3.8, 4) is 11.5 Å². The summed E-state index contributed by atoms with van der Waals surface area (Å²) >= 11 is 6.32. The number of benzene rings is 2. The molecule has 5 heteroatoms. The van der Waals surface area contributed by atoms with Gasteiger partial charge < -0.3 is 14.8 Å². The van der Waals surface area contributed by atoms with Crippen molar-refractivity contribution in [2.45, 2.75) is 64.1 Å². The van der Waals surface area contributed by atoms with Crippen LogP contribution in [0.1, 0.15) is 56.1 Å². The third-order valence-corrected chi connectivity index (χ3v) is 5.45. The zero-order chi connectivity index (χ0) is 18.9. The highest BCUT2D eigenvalue weighted by Gasteiger charge is 2.16. The maximum absolute atomic E-state index is 6.32. The first-order chi connectivity index (χ1) is 13.3. The largest absolute Gasteiger partial charge is 0.493 e. The van der Waals surface area contributed by atoms with Crippen LogP contribution < -0.4 is 14.8 Å². The molecule has 0 aliphatic heterocycles. The summed E-state index contributed by atoms with van der Waals surface area (Å²) in [5.74, 6) is 1.47. The van der Waals surface area contributed by atoms with Crippen LogP contribution in [-0.4, -0.2) is 13.2 Å². The molecule has 2 aromatic rings. The van der Waals surface area contributed by atoms with Crippen LogP contribution in [0.4, 0.5) is 0 Å². The smallest absolute Gasteiger partial charge is 0.166 e. The molecule has 1 aliphatic rings. The summed E-state index contributed by atoms with van der Waals surface area (Å²) in [6.07, 6.45) is 9.22. The third-order valence-electron chi connectivity index (χ3n) is 5.23. The average molecular weight is 424 g/mol. The van der Waals surface area contributed by atoms with Crippen LogP contribution >= 0.6 is 24.0 Å². The Morgan fingerprint density at radius 2 is 1.68 bits per heavy atom. The fourth-order valence-electron chi connectivity index (χ4n) is 3.71. The molecule has 0 unspecified atom stereocenters. The number of nitrogens with one attached hydrogen (secondary N) is 1. The van der Waals surface area contributed by atoms with Gasteiger partial charge in [-0.15, -0.1) is 12.4 Å². The van der Waals surface area contributed by atoms with Gasteiger partial charge in [0.1, 0.15) is 6.61 Å². The molecular weight excluding hydrogens is 393 g/mol. The van der Waals surface area contributed by atoms with Gasteiger partial charge in [0.25, 0.3) is 0 Å². The molecule has 0 atom stereocenters. The Labute approximate surface area is 180 Å². The molecule has 1 aliphatic carbocycles. The van der Waals surface area contributed by atoms with Gasteiger partial charge in [-0.05, 0) is 24.5 Å². The number of hydrogen-bond acceptors (Lipinski definition) is 3. The van der Waals surface area contributed by atoms with Crippen molar-refractivity contribution in [2.75, 3.05) is 7.11 Å². The second kappa shape index (κ2) is 12.2. The summed E-state index contributed by atoms with van der Waals surface area (Å²) in [4.78, 5) is 0. The van der Waals surface area contributed by atoms with Crippen LogP contribution in [0.2, 0.25) is 5.02 Å².